The number of nitrogens with two attached hydrogens (primary N) is 1. The molecule has 0 amide bonds. The lowest BCUT2D eigenvalue weighted by atomic mass is 10.0. The molecule has 0 fully saturated rings. The first-order chi connectivity index (χ1) is 9.09. The van der Waals surface area contributed by atoms with Crippen LogP contribution in [0.2, 0.25) is 0 Å². The third-order valence-corrected chi connectivity index (χ3v) is 3.01. The van der Waals surface area contributed by atoms with Gasteiger partial charge in [-0.15, -0.1) is 0 Å². The molecule has 0 aliphatic carbocycles. The molecule has 19 heavy (non-hydrogen) atoms. The molecule has 0 bridgehead atoms. The number of carbonyl (C=O) groups excluding carboxylic acids is 1. The largest absolute Gasteiger partial charge is 0.618 e. The molecule has 0 saturated carbocycles. The monoisotopic (exact) mass is 254 g/mol. The third kappa shape index (κ3) is 1.57. The van der Waals surface area contributed by atoms with Gasteiger partial charge in [-0.3, -0.25) is 4.79 Å². The molecule has 0 atom stereocenters. The first-order valence-electron chi connectivity index (χ1n) is 5.66. The minimum atomic E-state index is -0.428. The molecule has 0 unspecified atom stereocenters. The molecule has 1 aliphatic rings. The highest BCUT2D eigenvalue weighted by molar-refractivity contribution is 6.51. The Balaban J connectivity index is 2.22. The second kappa shape index (κ2) is 3.88. The summed E-state index contributed by atoms with van der Waals surface area (Å²) in [6, 6.07) is 7.12. The summed E-state index contributed by atoms with van der Waals surface area (Å²) in [5.74, 6) is -0.418. The molecule has 2 N–H and O–H groups in total. The number of ketones is 1. The molecule has 1 aromatic carbocycles. The van der Waals surface area contributed by atoms with Crippen LogP contribution >= 0.6 is 0 Å². The quantitative estimate of drug-likeness (QED) is 0.609. The molecule has 0 radical (unpaired) electrons. The van der Waals surface area contributed by atoms with Crippen molar-refractivity contribution >= 4 is 23.0 Å². The van der Waals surface area contributed by atoms with Gasteiger partial charge in [0.05, 0.1) is 5.56 Å². The Labute approximate surface area is 108 Å². The number of Topliss-reactive ketones (excluding diaryl/α,β-unsaturated/α-hetero) is 1. The van der Waals surface area contributed by atoms with Crippen molar-refractivity contribution in [3.63, 3.8) is 0 Å². The number of carbonyl (C=O) groups is 1. The Kier molecular flexibility index (Phi) is 2.31. The van der Waals surface area contributed by atoms with Crippen LogP contribution in [0.15, 0.2) is 30.6 Å². The molecule has 0 saturated heterocycles. The average Bonchev–Trinajstić information content (AvgIpc) is 2.65. The number of fused-ring (bicyclic) bond motifs is 1. The normalized spacial score (nSPS) is 13.8. The molecular weight excluding hydrogens is 244 g/mol. The maximum Gasteiger partial charge on any atom is 0.289 e. The predicted molar refractivity (Wildman–Crippen MR) is 69.4 cm³/mol. The maximum absolute atomic E-state index is 12.2. The van der Waals surface area contributed by atoms with Crippen LogP contribution in [0.3, 0.4) is 0 Å². The smallest absolute Gasteiger partial charge is 0.289 e. The molecule has 2 heterocycles. The summed E-state index contributed by atoms with van der Waals surface area (Å²) in [6.45, 7) is 1.93. The molecule has 3 rings (SSSR count). The Bertz CT molecular complexity index is 720. The zero-order valence-corrected chi connectivity index (χ0v) is 10.1. The molecule has 1 aliphatic heterocycles. The van der Waals surface area contributed by atoms with Crippen LogP contribution in [0.1, 0.15) is 21.6 Å². The predicted octanol–water partition coefficient (Wildman–Crippen LogP) is 1.19. The van der Waals surface area contributed by atoms with E-state index in [-0.39, 0.29) is 22.9 Å². The Morgan fingerprint density at radius 1 is 1.21 bits per heavy atom. The summed E-state index contributed by atoms with van der Waals surface area (Å²) >= 11 is 0. The SMILES string of the molecule is Cc1ccc(C2=[N+]([O-])c3c(N)ncnc3C2=O)cc1. The van der Waals surface area contributed by atoms with Gasteiger partial charge in [0.15, 0.2) is 5.69 Å². The molecular formula is C13H10N4O2. The molecule has 94 valence electrons. The van der Waals surface area contributed by atoms with Crippen molar-refractivity contribution in [3.05, 3.63) is 52.6 Å². The number of benzene rings is 1. The van der Waals surface area contributed by atoms with E-state index in [0.29, 0.717) is 10.3 Å². The lowest BCUT2D eigenvalue weighted by molar-refractivity contribution is -0.355. The van der Waals surface area contributed by atoms with Gasteiger partial charge >= 0.3 is 0 Å². The fourth-order valence-corrected chi connectivity index (χ4v) is 2.03. The molecule has 6 heteroatoms. The Hall–Kier alpha value is -2.76. The molecule has 6 nitrogen and oxygen atoms in total. The van der Waals surface area contributed by atoms with Crippen LogP contribution in [0, 0.1) is 12.1 Å². The minimum Gasteiger partial charge on any atom is -0.618 e. The molecule has 1 aromatic heterocycles. The van der Waals surface area contributed by atoms with E-state index >= 15 is 0 Å². The summed E-state index contributed by atoms with van der Waals surface area (Å²) in [6.07, 6.45) is 1.18. The molecule has 0 spiro atoms. The summed E-state index contributed by atoms with van der Waals surface area (Å²) in [4.78, 5) is 19.8. The highest BCUT2D eigenvalue weighted by Crippen LogP contribution is 2.30. The fourth-order valence-electron chi connectivity index (χ4n) is 2.03. The van der Waals surface area contributed by atoms with Crippen molar-refractivity contribution in [3.8, 4) is 0 Å². The zero-order valence-electron chi connectivity index (χ0n) is 10.1. The van der Waals surface area contributed by atoms with Crippen molar-refractivity contribution < 1.29 is 9.53 Å². The van der Waals surface area contributed by atoms with E-state index in [0.717, 1.165) is 5.56 Å². The number of nitrogens with zero attached hydrogens (tertiary/aromatic N) is 3. The summed E-state index contributed by atoms with van der Waals surface area (Å²) in [7, 11) is 0. The van der Waals surface area contributed by atoms with E-state index in [1.165, 1.54) is 6.33 Å². The summed E-state index contributed by atoms with van der Waals surface area (Å²) in [5, 5.41) is 12.2. The van der Waals surface area contributed by atoms with Crippen molar-refractivity contribution in [2.75, 3.05) is 5.73 Å². The van der Waals surface area contributed by atoms with E-state index in [1.54, 1.807) is 12.1 Å². The van der Waals surface area contributed by atoms with E-state index in [9.17, 15) is 10.0 Å². The van der Waals surface area contributed by atoms with Crippen LogP contribution in [0.5, 0.6) is 0 Å². The van der Waals surface area contributed by atoms with Gasteiger partial charge in [0.25, 0.3) is 17.2 Å². The number of hydrogen-bond donors (Lipinski definition) is 1. The van der Waals surface area contributed by atoms with E-state index < -0.39 is 5.78 Å². The van der Waals surface area contributed by atoms with Crippen molar-refractivity contribution in [1.29, 1.82) is 0 Å². The van der Waals surface area contributed by atoms with E-state index in [1.807, 2.05) is 19.1 Å². The van der Waals surface area contributed by atoms with Crippen LogP contribution in [0.25, 0.3) is 0 Å². The van der Waals surface area contributed by atoms with Crippen LogP contribution in [-0.2, 0) is 0 Å². The topological polar surface area (TPSA) is 94.9 Å². The number of rotatable bonds is 1. The van der Waals surface area contributed by atoms with Gasteiger partial charge in [0.1, 0.15) is 6.33 Å². The molecule has 2 aromatic rings. The van der Waals surface area contributed by atoms with E-state index in [4.69, 9.17) is 5.73 Å². The van der Waals surface area contributed by atoms with Crippen LogP contribution in [0.4, 0.5) is 11.5 Å². The van der Waals surface area contributed by atoms with Crippen molar-refractivity contribution in [2.24, 2.45) is 0 Å². The minimum absolute atomic E-state index is 0.00969. The van der Waals surface area contributed by atoms with Crippen LogP contribution in [-0.4, -0.2) is 26.2 Å². The summed E-state index contributed by atoms with van der Waals surface area (Å²) in [5.41, 5.74) is 7.33. The second-order valence-electron chi connectivity index (χ2n) is 4.29. The average molecular weight is 254 g/mol. The fraction of sp³-hybridized carbons (Fsp3) is 0.0769. The highest BCUT2D eigenvalue weighted by Gasteiger charge is 2.40. The Morgan fingerprint density at radius 2 is 1.89 bits per heavy atom. The standard InChI is InChI=1S/C13H10N4O2/c1-7-2-4-8(5-3-7)10-12(18)9-11(17(10)19)13(14)16-6-15-9/h2-6H,1H3,(H2,14,15,16). The van der Waals surface area contributed by atoms with Gasteiger partial charge in [-0.25, -0.2) is 9.97 Å². The van der Waals surface area contributed by atoms with Crippen molar-refractivity contribution in [2.45, 2.75) is 6.92 Å². The third-order valence-electron chi connectivity index (χ3n) is 3.01. The number of nitrogen functional groups attached to an aromatic ring is 1. The highest BCUT2D eigenvalue weighted by atomic mass is 16.5. The lowest BCUT2D eigenvalue weighted by Gasteiger charge is -2.03. The van der Waals surface area contributed by atoms with Gasteiger partial charge in [0, 0.05) is 0 Å². The first kappa shape index (κ1) is 11.3. The number of hydrogen-bond acceptors (Lipinski definition) is 5. The number of aryl methyl sites for hydroxylation is 1. The maximum atomic E-state index is 12.2. The summed E-state index contributed by atoms with van der Waals surface area (Å²) < 4.78 is 0.512. The second-order valence-corrected chi connectivity index (χ2v) is 4.29. The van der Waals surface area contributed by atoms with Crippen molar-refractivity contribution in [1.82, 2.24) is 9.97 Å². The van der Waals surface area contributed by atoms with Gasteiger partial charge in [-0.2, -0.15) is 4.74 Å². The van der Waals surface area contributed by atoms with Gasteiger partial charge in [0.2, 0.25) is 5.82 Å². The lowest BCUT2D eigenvalue weighted by Crippen LogP contribution is -2.16. The number of aromatic nitrogens is 2. The van der Waals surface area contributed by atoms with Crippen LogP contribution < -0.4 is 5.73 Å². The van der Waals surface area contributed by atoms with Gasteiger partial charge < -0.3 is 10.9 Å². The van der Waals surface area contributed by atoms with E-state index in [2.05, 4.69) is 9.97 Å². The number of anilines is 1. The van der Waals surface area contributed by atoms with Gasteiger partial charge in [-0.05, 0) is 19.1 Å². The Morgan fingerprint density at radius 3 is 2.53 bits per heavy atom. The van der Waals surface area contributed by atoms with Gasteiger partial charge in [-0.1, -0.05) is 17.7 Å². The first-order valence-corrected chi connectivity index (χ1v) is 5.66. The zero-order chi connectivity index (χ0) is 13.6.